The van der Waals surface area contributed by atoms with E-state index in [1.54, 1.807) is 18.0 Å². The third-order valence-electron chi connectivity index (χ3n) is 4.14. The van der Waals surface area contributed by atoms with Crippen molar-refractivity contribution in [3.63, 3.8) is 0 Å². The van der Waals surface area contributed by atoms with Crippen LogP contribution < -0.4 is 5.73 Å². The maximum Gasteiger partial charge on any atom is 0.167 e. The van der Waals surface area contributed by atoms with E-state index < -0.39 is 18.6 Å². The van der Waals surface area contributed by atoms with Crippen molar-refractivity contribution in [2.45, 2.75) is 44.8 Å². The van der Waals surface area contributed by atoms with Crippen molar-refractivity contribution in [3.05, 3.63) is 12.7 Å². The molecule has 1 aliphatic heterocycles. The number of unbranched alkanes of at least 4 members (excludes halogenated alkanes) is 1. The Kier molecular flexibility index (Phi) is 4.23. The van der Waals surface area contributed by atoms with E-state index in [4.69, 9.17) is 15.2 Å². The fraction of sp³-hybridized carbons (Fsp3) is 0.643. The molecule has 0 aliphatic carbocycles. The van der Waals surface area contributed by atoms with Crippen LogP contribution in [0.3, 0.4) is 0 Å². The Hall–Kier alpha value is -1.77. The molecule has 1 fully saturated rings. The van der Waals surface area contributed by atoms with E-state index in [2.05, 4.69) is 21.9 Å². The number of methoxy groups -OCH3 is 1. The van der Waals surface area contributed by atoms with Gasteiger partial charge in [-0.3, -0.25) is 4.57 Å². The van der Waals surface area contributed by atoms with Crippen molar-refractivity contribution in [2.75, 3.05) is 12.8 Å². The molecule has 0 bridgehead atoms. The lowest BCUT2D eigenvalue weighted by Crippen LogP contribution is -2.27. The van der Waals surface area contributed by atoms with Crippen molar-refractivity contribution in [3.8, 4) is 0 Å². The van der Waals surface area contributed by atoms with Gasteiger partial charge in [-0.15, -0.1) is 0 Å². The van der Waals surface area contributed by atoms with Gasteiger partial charge in [-0.1, -0.05) is 19.8 Å². The Bertz CT molecular complexity index is 646. The number of anilines is 1. The minimum atomic E-state index is -0.690. The maximum absolute atomic E-state index is 10.6. The summed E-state index contributed by atoms with van der Waals surface area (Å²) in [6, 6.07) is 0. The Balaban J connectivity index is 1.92. The van der Waals surface area contributed by atoms with E-state index in [9.17, 15) is 5.11 Å². The normalized spacial score (nSPS) is 28.5. The number of imidazole rings is 1. The quantitative estimate of drug-likeness (QED) is 0.850. The largest absolute Gasteiger partial charge is 0.388 e. The lowest BCUT2D eigenvalue weighted by atomic mass is 9.96. The highest BCUT2D eigenvalue weighted by molar-refractivity contribution is 5.81. The number of aliphatic hydroxyl groups is 1. The highest BCUT2D eigenvalue weighted by Crippen LogP contribution is 2.38. The fourth-order valence-corrected chi connectivity index (χ4v) is 2.95. The first kappa shape index (κ1) is 15.1. The summed E-state index contributed by atoms with van der Waals surface area (Å²) in [5.74, 6) is 0.230. The van der Waals surface area contributed by atoms with Crippen molar-refractivity contribution in [2.24, 2.45) is 5.92 Å². The van der Waals surface area contributed by atoms with Gasteiger partial charge in [0.1, 0.15) is 17.9 Å². The molecule has 1 saturated heterocycles. The Labute approximate surface area is 128 Å². The number of nitrogens with zero attached hydrogens (tertiary/aromatic N) is 4. The number of nitrogen functional groups attached to an aromatic ring is 1. The molecule has 8 heteroatoms. The van der Waals surface area contributed by atoms with Gasteiger partial charge < -0.3 is 20.3 Å². The zero-order chi connectivity index (χ0) is 15.7. The molecule has 8 nitrogen and oxygen atoms in total. The smallest absolute Gasteiger partial charge is 0.167 e. The van der Waals surface area contributed by atoms with E-state index in [0.717, 1.165) is 19.3 Å². The molecule has 0 spiro atoms. The number of rotatable bonds is 5. The highest BCUT2D eigenvalue weighted by atomic mass is 16.7. The van der Waals surface area contributed by atoms with Crippen LogP contribution in [0.4, 0.5) is 5.82 Å². The lowest BCUT2D eigenvalue weighted by molar-refractivity contribution is -0.149. The van der Waals surface area contributed by atoms with Crippen LogP contribution in [0.25, 0.3) is 11.2 Å². The van der Waals surface area contributed by atoms with E-state index in [1.807, 2.05) is 0 Å². The van der Waals surface area contributed by atoms with E-state index in [-0.39, 0.29) is 5.92 Å². The summed E-state index contributed by atoms with van der Waals surface area (Å²) in [6.07, 6.45) is 4.13. The molecule has 0 radical (unpaired) electrons. The topological polar surface area (TPSA) is 108 Å². The molecule has 0 saturated carbocycles. The molecule has 4 atom stereocenters. The summed E-state index contributed by atoms with van der Waals surface area (Å²) in [5.41, 5.74) is 6.84. The SMILES string of the molecule is CCCCC1C(OC)OC(n2cnc3c(N)ncnc32)C1O. The van der Waals surface area contributed by atoms with Crippen LogP contribution in [0.15, 0.2) is 12.7 Å². The van der Waals surface area contributed by atoms with Crippen molar-refractivity contribution < 1.29 is 14.6 Å². The number of fused-ring (bicyclic) bond motifs is 1. The average molecular weight is 307 g/mol. The van der Waals surface area contributed by atoms with Gasteiger partial charge in [-0.05, 0) is 6.42 Å². The monoisotopic (exact) mass is 307 g/mol. The molecule has 3 N–H and O–H groups in total. The Morgan fingerprint density at radius 3 is 2.95 bits per heavy atom. The van der Waals surface area contributed by atoms with Crippen molar-refractivity contribution in [1.82, 2.24) is 19.5 Å². The van der Waals surface area contributed by atoms with Crippen LogP contribution in [0.2, 0.25) is 0 Å². The van der Waals surface area contributed by atoms with Gasteiger partial charge in [0.2, 0.25) is 0 Å². The minimum Gasteiger partial charge on any atom is -0.388 e. The van der Waals surface area contributed by atoms with Crippen LogP contribution in [0.5, 0.6) is 0 Å². The minimum absolute atomic E-state index is 0.0772. The second-order valence-electron chi connectivity index (χ2n) is 5.51. The second-order valence-corrected chi connectivity index (χ2v) is 5.51. The van der Waals surface area contributed by atoms with E-state index >= 15 is 0 Å². The first-order valence-corrected chi connectivity index (χ1v) is 7.46. The van der Waals surface area contributed by atoms with Crippen molar-refractivity contribution in [1.29, 1.82) is 0 Å². The van der Waals surface area contributed by atoms with E-state index in [0.29, 0.717) is 17.0 Å². The highest BCUT2D eigenvalue weighted by Gasteiger charge is 2.44. The number of nitrogens with two attached hydrogens (primary N) is 1. The third-order valence-corrected chi connectivity index (χ3v) is 4.14. The van der Waals surface area contributed by atoms with Crippen LogP contribution in [-0.4, -0.2) is 44.1 Å². The first-order valence-electron chi connectivity index (χ1n) is 7.46. The molecule has 0 aromatic carbocycles. The zero-order valence-electron chi connectivity index (χ0n) is 12.7. The summed E-state index contributed by atoms with van der Waals surface area (Å²) < 4.78 is 12.9. The average Bonchev–Trinajstić information content (AvgIpc) is 3.07. The molecular formula is C14H21N5O3. The lowest BCUT2D eigenvalue weighted by Gasteiger charge is -2.18. The molecule has 4 unspecified atom stereocenters. The zero-order valence-corrected chi connectivity index (χ0v) is 12.7. The summed E-state index contributed by atoms with van der Waals surface area (Å²) in [5, 5.41) is 10.6. The number of aliphatic hydroxyl groups excluding tert-OH is 1. The van der Waals surface area contributed by atoms with Gasteiger partial charge in [-0.2, -0.15) is 0 Å². The van der Waals surface area contributed by atoms with Crippen LogP contribution in [0, 0.1) is 5.92 Å². The van der Waals surface area contributed by atoms with Gasteiger partial charge >= 0.3 is 0 Å². The first-order chi connectivity index (χ1) is 10.7. The van der Waals surface area contributed by atoms with Gasteiger partial charge in [0, 0.05) is 13.0 Å². The van der Waals surface area contributed by atoms with Gasteiger partial charge in [0.25, 0.3) is 0 Å². The molecule has 3 rings (SSSR count). The molecule has 3 heterocycles. The van der Waals surface area contributed by atoms with Crippen LogP contribution >= 0.6 is 0 Å². The predicted molar refractivity (Wildman–Crippen MR) is 79.7 cm³/mol. The third kappa shape index (κ3) is 2.43. The molecule has 120 valence electrons. The van der Waals surface area contributed by atoms with E-state index in [1.165, 1.54) is 6.33 Å². The fourth-order valence-electron chi connectivity index (χ4n) is 2.95. The summed E-state index contributed by atoms with van der Waals surface area (Å²) in [7, 11) is 1.59. The van der Waals surface area contributed by atoms with Crippen LogP contribution in [0.1, 0.15) is 32.4 Å². The predicted octanol–water partition coefficient (Wildman–Crippen LogP) is 1.08. The summed E-state index contributed by atoms with van der Waals surface area (Å²) >= 11 is 0. The number of ether oxygens (including phenoxy) is 2. The Morgan fingerprint density at radius 1 is 1.41 bits per heavy atom. The van der Waals surface area contributed by atoms with Gasteiger partial charge in [0.15, 0.2) is 24.0 Å². The molecule has 22 heavy (non-hydrogen) atoms. The molecule has 1 aliphatic rings. The number of aromatic nitrogens is 4. The number of hydrogen-bond acceptors (Lipinski definition) is 7. The summed E-state index contributed by atoms with van der Waals surface area (Å²) in [6.45, 7) is 2.12. The summed E-state index contributed by atoms with van der Waals surface area (Å²) in [4.78, 5) is 12.3. The van der Waals surface area contributed by atoms with Crippen molar-refractivity contribution >= 4 is 17.0 Å². The molecule has 2 aromatic rings. The molecule has 2 aromatic heterocycles. The van der Waals surface area contributed by atoms with Gasteiger partial charge in [0.05, 0.1) is 6.33 Å². The van der Waals surface area contributed by atoms with Crippen LogP contribution in [-0.2, 0) is 9.47 Å². The maximum atomic E-state index is 10.6. The number of hydrogen-bond donors (Lipinski definition) is 2. The molecule has 0 amide bonds. The standard InChI is InChI=1S/C14H21N5O3/c1-3-4-5-8-10(20)13(22-14(8)21-2)19-7-18-9-11(15)16-6-17-12(9)19/h6-8,10,13-14,20H,3-5H2,1-2H3,(H2,15,16,17). The Morgan fingerprint density at radius 2 is 2.23 bits per heavy atom. The molecular weight excluding hydrogens is 286 g/mol. The van der Waals surface area contributed by atoms with Gasteiger partial charge in [-0.25, -0.2) is 15.0 Å². The second kappa shape index (κ2) is 6.15.